The summed E-state index contributed by atoms with van der Waals surface area (Å²) in [5.74, 6) is -4.26. The average molecular weight is 455 g/mol. The third-order valence-electron chi connectivity index (χ3n) is 3.76. The van der Waals surface area contributed by atoms with E-state index in [4.69, 9.17) is 14.9 Å². The lowest BCUT2D eigenvalue weighted by Crippen LogP contribution is -2.18. The molecule has 0 aliphatic heterocycles. The molecule has 0 aliphatic rings. The van der Waals surface area contributed by atoms with Gasteiger partial charge in [0.05, 0.1) is 6.61 Å². The molecular weight excluding hydrogens is 442 g/mol. The predicted octanol–water partition coefficient (Wildman–Crippen LogP) is 3.30. The summed E-state index contributed by atoms with van der Waals surface area (Å²) in [4.78, 5) is 15.4. The van der Waals surface area contributed by atoms with Gasteiger partial charge < -0.3 is 25.1 Å². The van der Waals surface area contributed by atoms with Crippen LogP contribution in [-0.4, -0.2) is 27.7 Å². The molecule has 3 aromatic rings. The summed E-state index contributed by atoms with van der Waals surface area (Å²) < 4.78 is 38.9. The van der Waals surface area contributed by atoms with E-state index < -0.39 is 41.6 Å². The number of oxazole rings is 1. The van der Waals surface area contributed by atoms with E-state index in [1.54, 1.807) is 12.1 Å². The van der Waals surface area contributed by atoms with Crippen molar-refractivity contribution in [1.82, 2.24) is 4.98 Å². The topological polar surface area (TPSA) is 119 Å². The minimum atomic E-state index is -1.30. The quantitative estimate of drug-likeness (QED) is 0.525. The van der Waals surface area contributed by atoms with E-state index >= 15 is 0 Å². The van der Waals surface area contributed by atoms with Gasteiger partial charge in [0.2, 0.25) is 5.89 Å². The van der Waals surface area contributed by atoms with Crippen LogP contribution < -0.4 is 10.5 Å². The number of hydrogen-bond donors (Lipinski definition) is 3. The zero-order valence-electron chi connectivity index (χ0n) is 14.0. The Kier molecular flexibility index (Phi) is 5.61. The molecule has 4 N–H and O–H groups in total. The normalized spacial score (nSPS) is 12.0. The van der Waals surface area contributed by atoms with Crippen molar-refractivity contribution in [2.24, 2.45) is 5.73 Å². The van der Waals surface area contributed by atoms with Gasteiger partial charge in [-0.3, -0.25) is 4.79 Å². The first-order valence-electron chi connectivity index (χ1n) is 7.82. The minimum absolute atomic E-state index is 0.0669. The van der Waals surface area contributed by atoms with Crippen molar-refractivity contribution in [3.8, 4) is 22.8 Å². The molecule has 1 heterocycles. The summed E-state index contributed by atoms with van der Waals surface area (Å²) in [5, 5.41) is 19.0. The van der Waals surface area contributed by atoms with Crippen LogP contribution in [0.5, 0.6) is 11.5 Å². The van der Waals surface area contributed by atoms with Crippen LogP contribution in [0, 0.1) is 11.6 Å². The molecule has 1 aromatic heterocycles. The fourth-order valence-corrected chi connectivity index (χ4v) is 2.90. The van der Waals surface area contributed by atoms with Crippen LogP contribution in [0.3, 0.4) is 0 Å². The van der Waals surface area contributed by atoms with E-state index in [0.717, 1.165) is 12.1 Å². The highest BCUT2D eigenvalue weighted by Crippen LogP contribution is 2.34. The predicted molar refractivity (Wildman–Crippen MR) is 96.6 cm³/mol. The number of primary amides is 1. The van der Waals surface area contributed by atoms with Gasteiger partial charge in [-0.1, -0.05) is 0 Å². The van der Waals surface area contributed by atoms with Crippen LogP contribution in [0.25, 0.3) is 11.3 Å². The van der Waals surface area contributed by atoms with Crippen LogP contribution in [0.1, 0.15) is 22.4 Å². The molecular formula is C18H13BrF2N2O5. The number of carbonyl (C=O) groups is 1. The molecule has 1 atom stereocenters. The fraction of sp³-hybridized carbons (Fsp3) is 0.111. The Morgan fingerprint density at radius 3 is 2.54 bits per heavy atom. The van der Waals surface area contributed by atoms with Crippen molar-refractivity contribution < 1.29 is 32.9 Å². The zero-order chi connectivity index (χ0) is 20.4. The lowest BCUT2D eigenvalue weighted by Gasteiger charge is -2.15. The van der Waals surface area contributed by atoms with Crippen LogP contribution in [0.4, 0.5) is 8.78 Å². The molecule has 0 fully saturated rings. The number of phenolic OH excluding ortho intramolecular Hbond substituents is 1. The Morgan fingerprint density at radius 1 is 1.25 bits per heavy atom. The summed E-state index contributed by atoms with van der Waals surface area (Å²) in [7, 11) is 0. The minimum Gasteiger partial charge on any atom is -0.508 e. The lowest BCUT2D eigenvalue weighted by molar-refractivity contribution is 0.0880. The second-order valence-electron chi connectivity index (χ2n) is 5.61. The number of rotatable bonds is 6. The second kappa shape index (κ2) is 7.95. The van der Waals surface area contributed by atoms with Gasteiger partial charge in [-0.25, -0.2) is 13.8 Å². The second-order valence-corrected chi connectivity index (χ2v) is 6.33. The number of phenols is 1. The maximum absolute atomic E-state index is 14.4. The van der Waals surface area contributed by atoms with Crippen LogP contribution >= 0.6 is 15.9 Å². The first-order valence-corrected chi connectivity index (χ1v) is 8.62. The number of aromatic nitrogens is 1. The number of aromatic hydroxyl groups is 1. The molecule has 0 bridgehead atoms. The van der Waals surface area contributed by atoms with Gasteiger partial charge >= 0.3 is 0 Å². The third kappa shape index (κ3) is 3.82. The maximum atomic E-state index is 14.4. The van der Waals surface area contributed by atoms with E-state index in [9.17, 15) is 23.8 Å². The van der Waals surface area contributed by atoms with E-state index in [-0.39, 0.29) is 16.3 Å². The highest BCUT2D eigenvalue weighted by atomic mass is 79.9. The molecule has 3 rings (SSSR count). The summed E-state index contributed by atoms with van der Waals surface area (Å²) in [6.45, 7) is -0.648. The fourth-order valence-electron chi connectivity index (χ4n) is 2.42. The summed E-state index contributed by atoms with van der Waals surface area (Å²) in [6.07, 6.45) is -1.25. The summed E-state index contributed by atoms with van der Waals surface area (Å²) >= 11 is 3.20. The number of nitrogens with zero attached hydrogens (tertiary/aromatic N) is 1. The van der Waals surface area contributed by atoms with E-state index in [1.165, 1.54) is 12.1 Å². The molecule has 0 saturated carbocycles. The highest BCUT2D eigenvalue weighted by molar-refractivity contribution is 9.10. The van der Waals surface area contributed by atoms with Crippen LogP contribution in [0.2, 0.25) is 0 Å². The van der Waals surface area contributed by atoms with Crippen molar-refractivity contribution in [3.63, 3.8) is 0 Å². The highest BCUT2D eigenvalue weighted by Gasteiger charge is 2.26. The largest absolute Gasteiger partial charge is 0.508 e. The molecule has 146 valence electrons. The number of aliphatic hydroxyl groups is 1. The van der Waals surface area contributed by atoms with Gasteiger partial charge in [-0.15, -0.1) is 0 Å². The maximum Gasteiger partial charge on any atom is 0.254 e. The van der Waals surface area contributed by atoms with Gasteiger partial charge in [0.15, 0.2) is 22.3 Å². The van der Waals surface area contributed by atoms with Gasteiger partial charge in [0.25, 0.3) is 5.91 Å². The average Bonchev–Trinajstić information content (AvgIpc) is 3.03. The van der Waals surface area contributed by atoms with Crippen molar-refractivity contribution in [2.45, 2.75) is 6.10 Å². The molecule has 28 heavy (non-hydrogen) atoms. The number of hydrogen-bond acceptors (Lipinski definition) is 6. The molecule has 0 spiro atoms. The molecule has 10 heteroatoms. The lowest BCUT2D eigenvalue weighted by atomic mass is 10.1. The Balaban J connectivity index is 1.93. The summed E-state index contributed by atoms with van der Waals surface area (Å²) in [6, 6.07) is 7.87. The smallest absolute Gasteiger partial charge is 0.254 e. The molecule has 7 nitrogen and oxygen atoms in total. The molecule has 0 radical (unpaired) electrons. The van der Waals surface area contributed by atoms with Crippen molar-refractivity contribution >= 4 is 21.8 Å². The Morgan fingerprint density at radius 2 is 1.93 bits per heavy atom. The molecule has 0 saturated heterocycles. The summed E-state index contributed by atoms with van der Waals surface area (Å²) in [5.41, 5.74) is 4.98. The van der Waals surface area contributed by atoms with Gasteiger partial charge in [-0.05, 0) is 52.3 Å². The van der Waals surface area contributed by atoms with Crippen LogP contribution in [0.15, 0.2) is 45.5 Å². The van der Waals surface area contributed by atoms with E-state index in [2.05, 4.69) is 20.9 Å². The first kappa shape index (κ1) is 19.8. The van der Waals surface area contributed by atoms with Gasteiger partial charge in [0, 0.05) is 5.56 Å². The number of benzene rings is 2. The zero-order valence-corrected chi connectivity index (χ0v) is 15.6. The number of amides is 1. The molecule has 1 amide bonds. The number of aliphatic hydroxyl groups excluding tert-OH is 1. The number of carbonyl (C=O) groups excluding carboxylic acids is 1. The van der Waals surface area contributed by atoms with Crippen molar-refractivity contribution in [2.75, 3.05) is 6.61 Å². The SMILES string of the molecule is NC(=O)c1c(F)ccc(OC(CO)c2nc(-c3ccc(O)cc3)c(Br)o2)c1F. The first-order chi connectivity index (χ1) is 13.3. The monoisotopic (exact) mass is 454 g/mol. The number of halogens is 3. The molecule has 1 unspecified atom stereocenters. The van der Waals surface area contributed by atoms with Crippen LogP contribution in [-0.2, 0) is 0 Å². The standard InChI is InChI=1S/C18H13BrF2N2O5/c19-16-15(8-1-3-9(25)4-2-8)23-18(28-16)12(7-24)27-11-6-5-10(20)13(14(11)21)17(22)26/h1-6,12,24-25H,7H2,(H2,22,26). The van der Waals surface area contributed by atoms with E-state index in [0.29, 0.717) is 11.3 Å². The Bertz CT molecular complexity index is 1020. The van der Waals surface area contributed by atoms with E-state index in [1.807, 2.05) is 0 Å². The van der Waals surface area contributed by atoms with Gasteiger partial charge in [-0.2, -0.15) is 0 Å². The number of ether oxygens (including phenoxy) is 1. The van der Waals surface area contributed by atoms with Crippen molar-refractivity contribution in [1.29, 1.82) is 0 Å². The molecule has 2 aromatic carbocycles. The van der Waals surface area contributed by atoms with Crippen molar-refractivity contribution in [3.05, 3.63) is 64.2 Å². The van der Waals surface area contributed by atoms with Gasteiger partial charge in [0.1, 0.15) is 22.8 Å². The Labute approximate surface area is 165 Å². The molecule has 0 aliphatic carbocycles. The number of nitrogens with two attached hydrogens (primary N) is 1. The third-order valence-corrected chi connectivity index (χ3v) is 4.29. The Hall–Kier alpha value is -2.98.